The molecule has 0 atom stereocenters. The van der Waals surface area contributed by atoms with Crippen molar-refractivity contribution in [1.82, 2.24) is 60.6 Å². The summed E-state index contributed by atoms with van der Waals surface area (Å²) in [6.45, 7) is 17.0. The predicted octanol–water partition coefficient (Wildman–Crippen LogP) is 13.4. The van der Waals surface area contributed by atoms with Crippen LogP contribution in [-0.4, -0.2) is 208 Å². The Balaban J connectivity index is 0.000000176. The molecule has 24 nitrogen and oxygen atoms in total. The molecule has 3 saturated heterocycles. The minimum atomic E-state index is -1.13. The number of carbonyl (C=O) groups excluding carboxylic acids is 6. The van der Waals surface area contributed by atoms with Crippen molar-refractivity contribution in [3.63, 3.8) is 0 Å². The lowest BCUT2D eigenvalue weighted by molar-refractivity contribution is 0.0652. The van der Waals surface area contributed by atoms with Gasteiger partial charge in [-0.05, 0) is 168 Å². The van der Waals surface area contributed by atoms with Crippen LogP contribution in [0.4, 0.5) is 35.0 Å². The van der Waals surface area contributed by atoms with Crippen molar-refractivity contribution in [2.45, 2.75) is 257 Å². The van der Waals surface area contributed by atoms with Crippen LogP contribution < -0.4 is 31.9 Å². The van der Waals surface area contributed by atoms with Gasteiger partial charge >= 0.3 is 0 Å². The zero-order valence-corrected chi connectivity index (χ0v) is 67.3. The molecule has 6 aromatic heterocycles. The minimum Gasteiger partial charge on any atom is -0.389 e. The lowest BCUT2D eigenvalue weighted by Gasteiger charge is -2.28. The van der Waals surface area contributed by atoms with Crippen molar-refractivity contribution in [2.75, 3.05) is 74.9 Å². The van der Waals surface area contributed by atoms with Crippen molar-refractivity contribution < 1.29 is 61.6 Å². The third kappa shape index (κ3) is 23.4. The summed E-state index contributed by atoms with van der Waals surface area (Å²) in [4.78, 5) is 112. The van der Waals surface area contributed by atoms with Crippen LogP contribution in [0.5, 0.6) is 0 Å². The van der Waals surface area contributed by atoms with E-state index >= 15 is 4.39 Å². The topological polar surface area (TPSA) is 322 Å². The maximum Gasteiger partial charge on any atom is 0.280 e. The number of piperidine rings is 3. The average molecular weight is 1590 g/mol. The molecule has 3 aliphatic heterocycles. The molecule has 0 radical (unpaired) electrons. The van der Waals surface area contributed by atoms with E-state index in [1.54, 1.807) is 70.7 Å². The number of hydrogen-bond donors (Lipinski definition) is 9. The molecule has 6 fully saturated rings. The molecule has 6 amide bonds. The smallest absolute Gasteiger partial charge is 0.280 e. The van der Waals surface area contributed by atoms with E-state index in [9.17, 15) is 57.3 Å². The fourth-order valence-electron chi connectivity index (χ4n) is 14.2. The van der Waals surface area contributed by atoms with Crippen LogP contribution in [0.15, 0.2) is 30.7 Å². The second-order valence-corrected chi connectivity index (χ2v) is 34.8. The number of likely N-dealkylation sites (tertiary alicyclic amines) is 3. The van der Waals surface area contributed by atoms with Crippen molar-refractivity contribution in [3.8, 4) is 31.3 Å². The number of thiazole rings is 3. The number of hydrogen-bond acceptors (Lipinski definition) is 21. The van der Waals surface area contributed by atoms with Crippen LogP contribution >= 0.6 is 34.0 Å². The van der Waals surface area contributed by atoms with Crippen molar-refractivity contribution >= 4 is 86.9 Å². The standard InChI is InChI=1S/C27H38FN5O3S.C26H35F2N5O3S.C26H36FN5O3S/c1-4-17-14-21(31-19-8-6-5-7-9-19)29-15-20(17)23-22(26(35)33-12-10-18(28)11-13-33)32-25(37-23)24(34)30-16-27(2,3)36;1-15-18(13-29-22(19(15)28)31-17-7-5-4-6-8-17)21-20(25(35)33-11-9-16(27)10-12-33)32-24(37-21)23(34)30-14-26(2,3)36;1-16-13-20(30-18-7-5-4-6-8-18)28-14-19(16)22-21(25(34)32-11-9-17(27)10-12-32)31-24(36-22)23(33)29-15-26(2,3)35/h14-15,18-19,36H,4-13,16H2,1-3H3,(H,29,31)(H,30,34);13,16-17,36H,4-12,14H2,1-3H3,(H,29,31)(H,30,34);13-14,17-18,35H,4-12,15H2,1-3H3,(H,28,30)(H,29,33). The third-order valence-electron chi connectivity index (χ3n) is 20.6. The Bertz CT molecular complexity index is 4150. The second kappa shape index (κ2) is 38.1. The molecule has 6 aliphatic rings. The summed E-state index contributed by atoms with van der Waals surface area (Å²) in [6.07, 6.45) is 21.9. The van der Waals surface area contributed by atoms with Crippen LogP contribution in [0.2, 0.25) is 0 Å². The van der Waals surface area contributed by atoms with Gasteiger partial charge in [0.2, 0.25) is 0 Å². The summed E-state index contributed by atoms with van der Waals surface area (Å²) in [5, 5.41) is 48.6. The Kier molecular flexibility index (Phi) is 29.3. The normalized spacial score (nSPS) is 17.7. The largest absolute Gasteiger partial charge is 0.389 e. The van der Waals surface area contributed by atoms with Crippen LogP contribution in [0.3, 0.4) is 0 Å². The summed E-state index contributed by atoms with van der Waals surface area (Å²) in [6, 6.07) is 5.01. The number of pyridine rings is 3. The highest BCUT2D eigenvalue weighted by atomic mass is 32.1. The summed E-state index contributed by atoms with van der Waals surface area (Å²) >= 11 is 3.26. The Morgan fingerprint density at radius 2 is 0.773 bits per heavy atom. The number of alkyl halides is 3. The molecule has 9 N–H and O–H groups in total. The molecule has 600 valence electrons. The summed E-state index contributed by atoms with van der Waals surface area (Å²) in [5.41, 5.74) is 1.26. The number of nitrogens with zero attached hydrogens (tertiary/aromatic N) is 9. The van der Waals surface area contributed by atoms with E-state index in [4.69, 9.17) is 0 Å². The Labute approximate surface area is 654 Å². The monoisotopic (exact) mass is 1580 g/mol. The molecule has 31 heteroatoms. The first-order valence-corrected chi connectivity index (χ1v) is 41.5. The van der Waals surface area contributed by atoms with Crippen molar-refractivity contribution in [2.24, 2.45) is 0 Å². The number of halogens is 4. The van der Waals surface area contributed by atoms with Crippen LogP contribution in [-0.2, 0) is 6.42 Å². The second-order valence-electron chi connectivity index (χ2n) is 31.8. The molecular formula is C79H109F4N15O9S3. The van der Waals surface area contributed by atoms with Gasteiger partial charge in [0.15, 0.2) is 26.7 Å². The van der Waals surface area contributed by atoms with Gasteiger partial charge in [-0.2, -0.15) is 0 Å². The molecule has 0 aromatic carbocycles. The van der Waals surface area contributed by atoms with Gasteiger partial charge < -0.3 is 61.9 Å². The first-order valence-electron chi connectivity index (χ1n) is 39.0. The molecular weight excluding hydrogens is 1480 g/mol. The molecule has 3 aliphatic carbocycles. The van der Waals surface area contributed by atoms with Crippen LogP contribution in [0, 0.1) is 19.7 Å². The van der Waals surface area contributed by atoms with E-state index in [-0.39, 0.29) is 101 Å². The number of aliphatic hydroxyl groups is 3. The maximum atomic E-state index is 15.5. The minimum absolute atomic E-state index is 0.00914. The molecule has 12 rings (SSSR count). The lowest BCUT2D eigenvalue weighted by Crippen LogP contribution is -2.39. The molecule has 0 bridgehead atoms. The number of amides is 6. The number of carbonyl (C=O) groups is 6. The predicted molar refractivity (Wildman–Crippen MR) is 422 cm³/mol. The Hall–Kier alpha value is -7.84. The summed E-state index contributed by atoms with van der Waals surface area (Å²) in [7, 11) is 0. The zero-order chi connectivity index (χ0) is 79.2. The van der Waals surface area contributed by atoms with Gasteiger partial charge in [-0.1, -0.05) is 64.7 Å². The van der Waals surface area contributed by atoms with E-state index in [0.29, 0.717) is 89.7 Å². The zero-order valence-electron chi connectivity index (χ0n) is 64.8. The maximum absolute atomic E-state index is 15.5. The molecule has 6 aromatic rings. The van der Waals surface area contributed by atoms with Gasteiger partial charge in [0.1, 0.15) is 47.2 Å². The van der Waals surface area contributed by atoms with Gasteiger partial charge in [0.05, 0.1) is 31.4 Å². The first-order chi connectivity index (χ1) is 52.3. The highest BCUT2D eigenvalue weighted by molar-refractivity contribution is 7.18. The number of aromatic nitrogens is 6. The van der Waals surface area contributed by atoms with Gasteiger partial charge in [0, 0.05) is 112 Å². The van der Waals surface area contributed by atoms with E-state index in [1.165, 1.54) is 56.0 Å². The third-order valence-corrected chi connectivity index (χ3v) is 23.9. The number of rotatable bonds is 22. The van der Waals surface area contributed by atoms with Gasteiger partial charge in [-0.15, -0.1) is 34.0 Å². The SMILES string of the molecule is CCc1cc(NC2CCCCC2)ncc1-c1sc(C(=O)NCC(C)(C)O)nc1C(=O)N1CCC(F)CC1.Cc1c(-c2sc(C(=O)NCC(C)(C)O)nc2C(=O)N2CCC(F)CC2)cnc(NC2CCCCC2)c1F.Cc1cc(NC2CCCCC2)ncc1-c1sc(C(=O)NCC(C)(C)O)nc1C(=O)N1CCC(F)CC1. The number of anilines is 3. The van der Waals surface area contributed by atoms with Crippen molar-refractivity contribution in [1.29, 1.82) is 0 Å². The molecule has 3 saturated carbocycles. The van der Waals surface area contributed by atoms with E-state index < -0.39 is 64.8 Å². The van der Waals surface area contributed by atoms with E-state index in [1.807, 2.05) is 19.1 Å². The Morgan fingerprint density at radius 1 is 0.455 bits per heavy atom. The molecule has 0 unspecified atom stereocenters. The van der Waals surface area contributed by atoms with Gasteiger partial charge in [0.25, 0.3) is 35.4 Å². The van der Waals surface area contributed by atoms with Gasteiger partial charge in [-0.25, -0.2) is 47.5 Å². The number of aryl methyl sites for hydroxylation is 2. The highest BCUT2D eigenvalue weighted by Crippen LogP contribution is 2.40. The average Bonchev–Trinajstić information content (AvgIpc) is 1.63. The molecule has 9 heterocycles. The molecule has 110 heavy (non-hydrogen) atoms. The van der Waals surface area contributed by atoms with Crippen molar-refractivity contribution in [3.05, 3.63) is 85.3 Å². The number of nitrogens with one attached hydrogen (secondary N) is 6. The lowest BCUT2D eigenvalue weighted by atomic mass is 9.95. The van der Waals surface area contributed by atoms with E-state index in [2.05, 4.69) is 68.7 Å². The quantitative estimate of drug-likeness (QED) is 0.0285. The van der Waals surface area contributed by atoms with Crippen LogP contribution in [0.1, 0.15) is 261 Å². The first kappa shape index (κ1) is 84.6. The van der Waals surface area contributed by atoms with Gasteiger partial charge in [-0.3, -0.25) is 28.8 Å². The van der Waals surface area contributed by atoms with E-state index in [0.717, 1.165) is 126 Å². The molecule has 0 spiro atoms. The Morgan fingerprint density at radius 3 is 1.12 bits per heavy atom. The fourth-order valence-corrected chi connectivity index (χ4v) is 17.3. The summed E-state index contributed by atoms with van der Waals surface area (Å²) in [5.74, 6) is -1.18. The highest BCUT2D eigenvalue weighted by Gasteiger charge is 2.36. The summed E-state index contributed by atoms with van der Waals surface area (Å²) < 4.78 is 56.5. The fraction of sp³-hybridized carbons (Fsp3) is 0.620. The van der Waals surface area contributed by atoms with Crippen LogP contribution in [0.25, 0.3) is 31.3 Å².